The van der Waals surface area contributed by atoms with Crippen LogP contribution in [0, 0.1) is 0 Å². The van der Waals surface area contributed by atoms with Gasteiger partial charge in [0.25, 0.3) is 0 Å². The molecule has 26 heavy (non-hydrogen) atoms. The van der Waals surface area contributed by atoms with Gasteiger partial charge >= 0.3 is 47.7 Å². The maximum absolute atomic E-state index is 13.0. The molecule has 0 amide bonds. The zero-order valence-corrected chi connectivity index (χ0v) is 11.2. The molecule has 0 aliphatic heterocycles. The van der Waals surface area contributed by atoms with E-state index in [0.717, 1.165) is 0 Å². The largest absolute Gasteiger partial charge is 0.477 e. The first kappa shape index (κ1) is 26.6. The number of aliphatic carboxylic acids is 1. The van der Waals surface area contributed by atoms with Crippen LogP contribution in [0.1, 0.15) is 0 Å². The highest BCUT2D eigenvalue weighted by atomic mass is 19.4. The number of carboxylic acid groups (broad SMARTS) is 1. The van der Waals surface area contributed by atoms with Gasteiger partial charge in [-0.1, -0.05) is 0 Å². The molecule has 158 valence electrons. The van der Waals surface area contributed by atoms with E-state index in [2.05, 4.69) is 0 Å². The molecule has 4 N–H and O–H groups in total. The summed E-state index contributed by atoms with van der Waals surface area (Å²) < 4.78 is 187. The fourth-order valence-electron chi connectivity index (χ4n) is 1.26. The van der Waals surface area contributed by atoms with Gasteiger partial charge in [-0.3, -0.25) is 0 Å². The Kier molecular flexibility index (Phi) is 6.37. The van der Waals surface area contributed by atoms with Gasteiger partial charge in [-0.05, 0) is 0 Å². The predicted molar refractivity (Wildman–Crippen MR) is 48.4 cm³/mol. The lowest BCUT2D eigenvalue weighted by Crippen LogP contribution is -2.76. The van der Waals surface area contributed by atoms with Crippen molar-refractivity contribution in [2.24, 2.45) is 0 Å². The molecule has 0 unspecified atom stereocenters. The summed E-state index contributed by atoms with van der Waals surface area (Å²) in [5, 5.41) is 7.58. The van der Waals surface area contributed by atoms with Crippen LogP contribution in [0.25, 0.3) is 0 Å². The van der Waals surface area contributed by atoms with E-state index in [1.54, 1.807) is 0 Å². The monoisotopic (exact) mass is 431 g/mol. The Bertz CT molecular complexity index is 519. The molecule has 0 heterocycles. The number of hydrogen-bond donors (Lipinski definition) is 2. The molecule has 0 aromatic carbocycles. The molecule has 0 aromatic heterocycles. The third-order valence-electron chi connectivity index (χ3n) is 2.67. The van der Waals surface area contributed by atoms with E-state index >= 15 is 0 Å². The van der Waals surface area contributed by atoms with E-state index < -0.39 is 47.7 Å². The summed E-state index contributed by atoms with van der Waals surface area (Å²) in [5.41, 5.74) is -8.42. The van der Waals surface area contributed by atoms with Crippen molar-refractivity contribution in [1.29, 1.82) is 0 Å². The SMILES string of the molecule is N.O=C(O)C(F)(F)C(F)(F)C(F)(F)C(F)(F)C(F)(C(F)(F)F)C(F)(F)F. The van der Waals surface area contributed by atoms with Crippen LogP contribution in [0.2, 0.25) is 0 Å². The lowest BCUT2D eigenvalue weighted by Gasteiger charge is -2.42. The Morgan fingerprint density at radius 2 is 0.808 bits per heavy atom. The minimum Gasteiger partial charge on any atom is -0.477 e. The van der Waals surface area contributed by atoms with Crippen molar-refractivity contribution in [2.45, 2.75) is 41.7 Å². The Labute approximate surface area is 131 Å². The Hall–Kier alpha value is -1.62. The third-order valence-corrected chi connectivity index (χ3v) is 2.67. The van der Waals surface area contributed by atoms with Crippen LogP contribution in [0.5, 0.6) is 0 Å². The molecule has 0 fully saturated rings. The predicted octanol–water partition coefficient (Wildman–Crippen LogP) is 4.61. The number of hydrogen-bond acceptors (Lipinski definition) is 2. The van der Waals surface area contributed by atoms with E-state index in [-0.39, 0.29) is 6.15 Å². The zero-order chi connectivity index (χ0) is 21.1. The van der Waals surface area contributed by atoms with Crippen molar-refractivity contribution in [3.63, 3.8) is 0 Å². The summed E-state index contributed by atoms with van der Waals surface area (Å²) in [6.07, 6.45) is -16.1. The highest BCUT2D eigenvalue weighted by Gasteiger charge is 2.96. The van der Waals surface area contributed by atoms with Crippen LogP contribution in [-0.2, 0) is 4.79 Å². The van der Waals surface area contributed by atoms with Crippen LogP contribution < -0.4 is 6.15 Å². The second-order valence-electron chi connectivity index (χ2n) is 4.26. The van der Waals surface area contributed by atoms with Crippen LogP contribution in [0.4, 0.5) is 65.9 Å². The molecule has 0 aromatic rings. The Balaban J connectivity index is 0. The normalized spacial score (nSPS) is 15.5. The van der Waals surface area contributed by atoms with E-state index in [0.29, 0.717) is 0 Å². The smallest absolute Gasteiger partial charge is 0.438 e. The zero-order valence-electron chi connectivity index (χ0n) is 11.2. The van der Waals surface area contributed by atoms with Gasteiger partial charge in [0.1, 0.15) is 0 Å². The van der Waals surface area contributed by atoms with Crippen molar-refractivity contribution >= 4 is 5.97 Å². The fourth-order valence-corrected chi connectivity index (χ4v) is 1.26. The number of carbonyl (C=O) groups is 1. The third kappa shape index (κ3) is 3.00. The van der Waals surface area contributed by atoms with E-state index in [1.165, 1.54) is 0 Å². The number of rotatable bonds is 5. The first-order valence-corrected chi connectivity index (χ1v) is 5.01. The molecule has 0 saturated heterocycles. The van der Waals surface area contributed by atoms with E-state index in [1.807, 2.05) is 0 Å². The Morgan fingerprint density at radius 3 is 1.00 bits per heavy atom. The summed E-state index contributed by atoms with van der Waals surface area (Å²) >= 11 is 0. The maximum atomic E-state index is 13.0. The van der Waals surface area contributed by atoms with Crippen molar-refractivity contribution in [3.05, 3.63) is 0 Å². The fraction of sp³-hybridized carbons (Fsp3) is 0.875. The number of halogens is 15. The quantitative estimate of drug-likeness (QED) is 0.625. The van der Waals surface area contributed by atoms with Gasteiger partial charge in [-0.15, -0.1) is 0 Å². The number of alkyl halides is 15. The van der Waals surface area contributed by atoms with Gasteiger partial charge < -0.3 is 11.3 Å². The van der Waals surface area contributed by atoms with Crippen molar-refractivity contribution in [2.75, 3.05) is 0 Å². The molecule has 18 heteroatoms. The second-order valence-corrected chi connectivity index (χ2v) is 4.26. The van der Waals surface area contributed by atoms with Crippen LogP contribution in [0.15, 0.2) is 0 Å². The van der Waals surface area contributed by atoms with E-state index in [4.69, 9.17) is 5.11 Å². The number of carboxylic acids is 1. The van der Waals surface area contributed by atoms with Crippen LogP contribution in [-0.4, -0.2) is 52.8 Å². The lowest BCUT2D eigenvalue weighted by atomic mass is 9.86. The van der Waals surface area contributed by atoms with Gasteiger partial charge in [0.05, 0.1) is 0 Å². The molecule has 0 aliphatic rings. The van der Waals surface area contributed by atoms with Crippen molar-refractivity contribution in [1.82, 2.24) is 6.15 Å². The minimum atomic E-state index is -8.60. The van der Waals surface area contributed by atoms with Crippen LogP contribution in [0.3, 0.4) is 0 Å². The maximum Gasteiger partial charge on any atom is 0.438 e. The molecular weight excluding hydrogens is 427 g/mol. The first-order valence-electron chi connectivity index (χ1n) is 5.01. The van der Waals surface area contributed by atoms with Gasteiger partial charge in [-0.25, -0.2) is 9.18 Å². The molecule has 0 rings (SSSR count). The Morgan fingerprint density at radius 1 is 0.538 bits per heavy atom. The van der Waals surface area contributed by atoms with Crippen LogP contribution >= 0.6 is 0 Å². The average Bonchev–Trinajstić information content (AvgIpc) is 2.33. The molecule has 0 saturated carbocycles. The standard InChI is InChI=1S/C8HF15O2.H3N/c9-2(10,1(24)25)4(12,13)6(16,17)5(14,15)3(11,7(18,19)20)8(21,22)23;/h(H,24,25);1H3. The summed E-state index contributed by atoms with van der Waals surface area (Å²) in [6, 6.07) is 0. The van der Waals surface area contributed by atoms with Gasteiger partial charge in [0.15, 0.2) is 0 Å². The summed E-state index contributed by atoms with van der Waals surface area (Å²) in [4.78, 5) is 9.74. The molecule has 0 atom stereocenters. The van der Waals surface area contributed by atoms with Crippen molar-refractivity contribution in [3.8, 4) is 0 Å². The van der Waals surface area contributed by atoms with Gasteiger partial charge in [-0.2, -0.15) is 61.5 Å². The lowest BCUT2D eigenvalue weighted by molar-refractivity contribution is -0.454. The molecule has 0 radical (unpaired) electrons. The van der Waals surface area contributed by atoms with Gasteiger partial charge in [0, 0.05) is 0 Å². The first-order chi connectivity index (χ1) is 10.4. The van der Waals surface area contributed by atoms with E-state index in [9.17, 15) is 70.7 Å². The van der Waals surface area contributed by atoms with Gasteiger partial charge in [0.2, 0.25) is 0 Å². The molecule has 0 spiro atoms. The molecular formula is C8H4F15NO2. The summed E-state index contributed by atoms with van der Waals surface area (Å²) in [7, 11) is 0. The summed E-state index contributed by atoms with van der Waals surface area (Å²) in [6.45, 7) is 0. The second kappa shape index (κ2) is 6.22. The summed E-state index contributed by atoms with van der Waals surface area (Å²) in [5.74, 6) is -36.7. The highest BCUT2D eigenvalue weighted by Crippen LogP contribution is 2.63. The minimum absolute atomic E-state index is 0. The highest BCUT2D eigenvalue weighted by molar-refractivity contribution is 5.77. The molecule has 3 nitrogen and oxygen atoms in total. The average molecular weight is 431 g/mol. The molecule has 0 aliphatic carbocycles. The molecule has 0 bridgehead atoms. The van der Waals surface area contributed by atoms with Crippen molar-refractivity contribution < 1.29 is 75.8 Å². The topological polar surface area (TPSA) is 72.3 Å².